The maximum Gasteiger partial charge on any atom is 0.340 e. The lowest BCUT2D eigenvalue weighted by molar-refractivity contribution is -0.385. The first-order chi connectivity index (χ1) is 14.3. The molecular formula is C19H20N2O9. The third kappa shape index (κ3) is 5.07. The predicted octanol–water partition coefficient (Wildman–Crippen LogP) is 2.42. The maximum absolute atomic E-state index is 12.3. The maximum atomic E-state index is 12.3. The fourth-order valence-corrected chi connectivity index (χ4v) is 2.49. The Morgan fingerprint density at radius 3 is 2.17 bits per heavy atom. The van der Waals surface area contributed by atoms with Gasteiger partial charge in [-0.2, -0.15) is 0 Å². The zero-order chi connectivity index (χ0) is 22.3. The van der Waals surface area contributed by atoms with Crippen molar-refractivity contribution in [1.82, 2.24) is 0 Å². The fourth-order valence-electron chi connectivity index (χ4n) is 2.49. The summed E-state index contributed by atoms with van der Waals surface area (Å²) in [4.78, 5) is 34.7. The molecule has 0 heterocycles. The molecule has 30 heavy (non-hydrogen) atoms. The Morgan fingerprint density at radius 1 is 0.967 bits per heavy atom. The molecule has 0 fully saturated rings. The highest BCUT2D eigenvalue weighted by atomic mass is 16.6. The van der Waals surface area contributed by atoms with Crippen LogP contribution in [0.2, 0.25) is 0 Å². The van der Waals surface area contributed by atoms with Crippen molar-refractivity contribution in [2.24, 2.45) is 0 Å². The van der Waals surface area contributed by atoms with Crippen molar-refractivity contribution in [1.29, 1.82) is 0 Å². The van der Waals surface area contributed by atoms with E-state index in [1.807, 2.05) is 0 Å². The molecule has 0 saturated heterocycles. The van der Waals surface area contributed by atoms with Gasteiger partial charge in [-0.1, -0.05) is 0 Å². The van der Waals surface area contributed by atoms with E-state index in [1.165, 1.54) is 58.8 Å². The number of carbonyl (C=O) groups excluding carboxylic acids is 2. The molecule has 0 unspecified atom stereocenters. The van der Waals surface area contributed by atoms with Gasteiger partial charge in [0.25, 0.3) is 5.91 Å². The lowest BCUT2D eigenvalue weighted by Crippen LogP contribution is -2.22. The van der Waals surface area contributed by atoms with E-state index in [2.05, 4.69) is 5.32 Å². The van der Waals surface area contributed by atoms with Crippen LogP contribution in [0.3, 0.4) is 0 Å². The molecule has 0 aliphatic carbocycles. The largest absolute Gasteiger partial charge is 0.493 e. The summed E-state index contributed by atoms with van der Waals surface area (Å²) in [5.74, 6) is -0.526. The van der Waals surface area contributed by atoms with E-state index in [1.54, 1.807) is 0 Å². The minimum absolute atomic E-state index is 0.00854. The smallest absolute Gasteiger partial charge is 0.340 e. The number of nitro benzene ring substituents is 1. The number of methoxy groups -OCH3 is 4. The summed E-state index contributed by atoms with van der Waals surface area (Å²) >= 11 is 0. The number of amides is 1. The lowest BCUT2D eigenvalue weighted by Gasteiger charge is -2.15. The fraction of sp³-hybridized carbons (Fsp3) is 0.263. The number of nitrogens with one attached hydrogen (secondary N) is 1. The van der Waals surface area contributed by atoms with Gasteiger partial charge in [-0.25, -0.2) is 4.79 Å². The zero-order valence-electron chi connectivity index (χ0n) is 16.7. The molecule has 2 rings (SSSR count). The van der Waals surface area contributed by atoms with Crippen molar-refractivity contribution >= 4 is 23.3 Å². The van der Waals surface area contributed by atoms with Crippen LogP contribution in [0.5, 0.6) is 23.0 Å². The molecule has 1 amide bonds. The van der Waals surface area contributed by atoms with Crippen LogP contribution < -0.4 is 24.3 Å². The van der Waals surface area contributed by atoms with E-state index in [4.69, 9.17) is 23.7 Å². The van der Waals surface area contributed by atoms with Crippen molar-refractivity contribution < 1.29 is 38.2 Å². The summed E-state index contributed by atoms with van der Waals surface area (Å²) in [6, 6.07) is 6.63. The SMILES string of the molecule is COC(=O)c1cc(OC)c(OC)cc1NC(=O)COc1ccc([N+](=O)[O-])c(OC)c1. The second-order valence-electron chi connectivity index (χ2n) is 5.67. The number of hydrogen-bond acceptors (Lipinski definition) is 9. The zero-order valence-corrected chi connectivity index (χ0v) is 16.7. The minimum Gasteiger partial charge on any atom is -0.493 e. The van der Waals surface area contributed by atoms with Gasteiger partial charge in [0.1, 0.15) is 5.75 Å². The number of esters is 1. The molecule has 0 spiro atoms. The van der Waals surface area contributed by atoms with Gasteiger partial charge in [0, 0.05) is 24.3 Å². The summed E-state index contributed by atoms with van der Waals surface area (Å²) in [7, 11) is 5.30. The van der Waals surface area contributed by atoms with Gasteiger partial charge < -0.3 is 29.0 Å². The van der Waals surface area contributed by atoms with Crippen LogP contribution in [0.25, 0.3) is 0 Å². The number of nitrogens with zero attached hydrogens (tertiary/aromatic N) is 1. The lowest BCUT2D eigenvalue weighted by atomic mass is 10.1. The van der Waals surface area contributed by atoms with Gasteiger partial charge in [0.15, 0.2) is 18.1 Å². The van der Waals surface area contributed by atoms with Crippen LogP contribution in [0.15, 0.2) is 30.3 Å². The Hall–Kier alpha value is -4.02. The van der Waals surface area contributed by atoms with Gasteiger partial charge in [-0.05, 0) is 6.07 Å². The Labute approximate surface area is 171 Å². The molecule has 0 saturated carbocycles. The monoisotopic (exact) mass is 420 g/mol. The molecule has 1 N–H and O–H groups in total. The number of rotatable bonds is 9. The molecule has 160 valence electrons. The summed E-state index contributed by atoms with van der Waals surface area (Å²) in [6.07, 6.45) is 0. The molecule has 0 aliphatic rings. The van der Waals surface area contributed by atoms with Crippen LogP contribution >= 0.6 is 0 Å². The Morgan fingerprint density at radius 2 is 1.60 bits per heavy atom. The van der Waals surface area contributed by atoms with E-state index in [9.17, 15) is 19.7 Å². The number of anilines is 1. The summed E-state index contributed by atoms with van der Waals surface area (Å²) in [6.45, 7) is -0.435. The van der Waals surface area contributed by atoms with Gasteiger partial charge in [0.2, 0.25) is 5.75 Å². The highest BCUT2D eigenvalue weighted by molar-refractivity contribution is 6.02. The van der Waals surface area contributed by atoms with Crippen LogP contribution in [-0.4, -0.2) is 51.8 Å². The van der Waals surface area contributed by atoms with Crippen LogP contribution in [0.1, 0.15) is 10.4 Å². The van der Waals surface area contributed by atoms with Crippen LogP contribution in [0, 0.1) is 10.1 Å². The van der Waals surface area contributed by atoms with E-state index in [-0.39, 0.29) is 34.2 Å². The van der Waals surface area contributed by atoms with E-state index in [0.717, 1.165) is 0 Å². The van der Waals surface area contributed by atoms with Crippen molar-refractivity contribution in [3.63, 3.8) is 0 Å². The van der Waals surface area contributed by atoms with Crippen LogP contribution in [-0.2, 0) is 9.53 Å². The molecule has 2 aromatic rings. The van der Waals surface area contributed by atoms with Crippen molar-refractivity contribution in [2.75, 3.05) is 40.4 Å². The number of benzene rings is 2. The normalized spacial score (nSPS) is 10.0. The molecule has 11 heteroatoms. The third-order valence-electron chi connectivity index (χ3n) is 3.92. The van der Waals surface area contributed by atoms with Gasteiger partial charge >= 0.3 is 11.7 Å². The first-order valence-corrected chi connectivity index (χ1v) is 8.44. The standard InChI is InChI=1S/C19H20N2O9/c1-26-15-7-11(5-6-14(15)21(24)25)30-10-18(22)20-13-9-17(28-3)16(27-2)8-12(13)19(23)29-4/h5-9H,10H2,1-4H3,(H,20,22). The second kappa shape index (κ2) is 9.96. The average Bonchev–Trinajstić information content (AvgIpc) is 2.76. The first kappa shape index (κ1) is 22.3. The summed E-state index contributed by atoms with van der Waals surface area (Å²) in [5, 5.41) is 13.5. The van der Waals surface area contributed by atoms with Crippen molar-refractivity contribution in [2.45, 2.75) is 0 Å². The topological polar surface area (TPSA) is 135 Å². The number of ether oxygens (including phenoxy) is 5. The quantitative estimate of drug-likeness (QED) is 0.368. The van der Waals surface area contributed by atoms with Gasteiger partial charge in [0.05, 0.1) is 44.6 Å². The Balaban J connectivity index is 2.18. The van der Waals surface area contributed by atoms with E-state index in [0.29, 0.717) is 5.75 Å². The van der Waals surface area contributed by atoms with Gasteiger partial charge in [-0.3, -0.25) is 14.9 Å². The first-order valence-electron chi connectivity index (χ1n) is 8.44. The van der Waals surface area contributed by atoms with Crippen LogP contribution in [0.4, 0.5) is 11.4 Å². The van der Waals surface area contributed by atoms with Crippen molar-refractivity contribution in [3.8, 4) is 23.0 Å². The number of carbonyl (C=O) groups is 2. The highest BCUT2D eigenvalue weighted by Crippen LogP contribution is 2.34. The van der Waals surface area contributed by atoms with E-state index < -0.39 is 23.4 Å². The molecule has 2 aromatic carbocycles. The van der Waals surface area contributed by atoms with Crippen molar-refractivity contribution in [3.05, 3.63) is 46.0 Å². The number of nitro groups is 1. The number of hydrogen-bond donors (Lipinski definition) is 1. The van der Waals surface area contributed by atoms with Gasteiger partial charge in [-0.15, -0.1) is 0 Å². The second-order valence-corrected chi connectivity index (χ2v) is 5.67. The average molecular weight is 420 g/mol. The molecule has 0 radical (unpaired) electrons. The highest BCUT2D eigenvalue weighted by Gasteiger charge is 2.20. The molecule has 0 bridgehead atoms. The molecule has 0 aliphatic heterocycles. The molecule has 0 atom stereocenters. The Bertz CT molecular complexity index is 959. The summed E-state index contributed by atoms with van der Waals surface area (Å²) in [5.41, 5.74) is -0.0442. The minimum atomic E-state index is -0.688. The molecule has 0 aromatic heterocycles. The molecular weight excluding hydrogens is 400 g/mol. The predicted molar refractivity (Wildman–Crippen MR) is 105 cm³/mol. The third-order valence-corrected chi connectivity index (χ3v) is 3.92. The summed E-state index contributed by atoms with van der Waals surface area (Å²) < 4.78 is 25.4. The van der Waals surface area contributed by atoms with E-state index >= 15 is 0 Å². The molecule has 11 nitrogen and oxygen atoms in total. The Kier molecular flexibility index (Phi) is 7.39.